The van der Waals surface area contributed by atoms with Gasteiger partial charge in [0.05, 0.1) is 11.6 Å². The van der Waals surface area contributed by atoms with Gasteiger partial charge in [0.15, 0.2) is 0 Å². The Morgan fingerprint density at radius 3 is 2.29 bits per heavy atom. The van der Waals surface area contributed by atoms with Gasteiger partial charge in [-0.1, -0.05) is 30.7 Å². The number of hydrogen-bond acceptors (Lipinski definition) is 2. The molecule has 2 heteroatoms. The van der Waals surface area contributed by atoms with Crippen molar-refractivity contribution in [1.82, 2.24) is 0 Å². The van der Waals surface area contributed by atoms with Crippen molar-refractivity contribution < 1.29 is 5.11 Å². The van der Waals surface area contributed by atoms with Crippen LogP contribution in [0.3, 0.4) is 0 Å². The van der Waals surface area contributed by atoms with Crippen LogP contribution in [0.1, 0.15) is 53.5 Å². The van der Waals surface area contributed by atoms with Gasteiger partial charge in [-0.15, -0.1) is 0 Å². The molecule has 24 heavy (non-hydrogen) atoms. The lowest BCUT2D eigenvalue weighted by molar-refractivity contribution is 0.319. The highest BCUT2D eigenvalue weighted by atomic mass is 16.3. The first-order chi connectivity index (χ1) is 11.5. The molecule has 2 saturated carbocycles. The molecule has 0 saturated heterocycles. The second-order valence-corrected chi connectivity index (χ2v) is 7.69. The maximum atomic E-state index is 9.95. The average molecular weight is 317 g/mol. The van der Waals surface area contributed by atoms with Crippen LogP contribution >= 0.6 is 0 Å². The monoisotopic (exact) mass is 317 g/mol. The molecular formula is C22H23NO. The van der Waals surface area contributed by atoms with Crippen LogP contribution in [0.2, 0.25) is 0 Å². The van der Waals surface area contributed by atoms with Crippen LogP contribution in [-0.2, 0) is 5.41 Å². The van der Waals surface area contributed by atoms with Gasteiger partial charge in [-0.05, 0) is 79.3 Å². The van der Waals surface area contributed by atoms with E-state index in [0.29, 0.717) is 11.7 Å². The van der Waals surface area contributed by atoms with Gasteiger partial charge in [0, 0.05) is 5.41 Å². The van der Waals surface area contributed by atoms with Crippen LogP contribution in [0.25, 0.3) is 0 Å². The normalized spacial score (nSPS) is 28.0. The molecule has 0 aromatic heterocycles. The number of rotatable bonds is 2. The topological polar surface area (TPSA) is 44.0 Å². The predicted octanol–water partition coefficient (Wildman–Crippen LogP) is 4.99. The SMILES string of the molecule is Cc1cc(C2(c3ccc(C#N)c(C)c3)CC3CCC2C3)ccc1O. The molecule has 3 unspecified atom stereocenters. The molecule has 2 aromatic rings. The zero-order chi connectivity index (χ0) is 16.9. The van der Waals surface area contributed by atoms with E-state index < -0.39 is 0 Å². The Balaban J connectivity index is 1.91. The molecular weight excluding hydrogens is 294 g/mol. The van der Waals surface area contributed by atoms with E-state index in [4.69, 9.17) is 0 Å². The molecule has 3 atom stereocenters. The molecule has 2 nitrogen and oxygen atoms in total. The molecule has 2 aromatic carbocycles. The molecule has 4 rings (SSSR count). The van der Waals surface area contributed by atoms with Crippen molar-refractivity contribution in [3.63, 3.8) is 0 Å². The molecule has 122 valence electrons. The quantitative estimate of drug-likeness (QED) is 0.848. The van der Waals surface area contributed by atoms with E-state index in [0.717, 1.165) is 22.6 Å². The van der Waals surface area contributed by atoms with Crippen molar-refractivity contribution in [2.24, 2.45) is 11.8 Å². The van der Waals surface area contributed by atoms with E-state index >= 15 is 0 Å². The lowest BCUT2D eigenvalue weighted by Gasteiger charge is -2.39. The van der Waals surface area contributed by atoms with Crippen LogP contribution in [0.5, 0.6) is 5.75 Å². The average Bonchev–Trinajstić information content (AvgIpc) is 3.19. The minimum absolute atomic E-state index is 0.0418. The first kappa shape index (κ1) is 15.3. The van der Waals surface area contributed by atoms with E-state index in [1.165, 1.54) is 36.8 Å². The summed E-state index contributed by atoms with van der Waals surface area (Å²) in [7, 11) is 0. The second kappa shape index (κ2) is 5.38. The Hall–Kier alpha value is -2.27. The van der Waals surface area contributed by atoms with Crippen molar-refractivity contribution in [1.29, 1.82) is 5.26 Å². The zero-order valence-corrected chi connectivity index (χ0v) is 14.3. The molecule has 0 heterocycles. The van der Waals surface area contributed by atoms with E-state index in [2.05, 4.69) is 30.3 Å². The standard InChI is InChI=1S/C22H23NO/c1-14-9-18(6-4-17(14)13-23)22(12-16-3-5-20(22)11-16)19-7-8-21(24)15(2)10-19/h4,6-10,16,20,24H,3,5,11-12H2,1-2H3. The highest BCUT2D eigenvalue weighted by Crippen LogP contribution is 2.60. The highest BCUT2D eigenvalue weighted by molar-refractivity contribution is 5.50. The Bertz CT molecular complexity index is 848. The third-order valence-electron chi connectivity index (χ3n) is 6.42. The molecule has 1 N–H and O–H groups in total. The van der Waals surface area contributed by atoms with Gasteiger partial charge in [-0.3, -0.25) is 0 Å². The molecule has 2 aliphatic carbocycles. The van der Waals surface area contributed by atoms with Gasteiger partial charge in [0.1, 0.15) is 5.75 Å². The number of fused-ring (bicyclic) bond motifs is 2. The Kier molecular flexibility index (Phi) is 3.42. The minimum Gasteiger partial charge on any atom is -0.508 e. The fraction of sp³-hybridized carbons (Fsp3) is 0.409. The number of nitriles is 1. The van der Waals surface area contributed by atoms with E-state index in [1.54, 1.807) is 0 Å². The molecule has 2 aliphatic rings. The highest BCUT2D eigenvalue weighted by Gasteiger charge is 2.52. The summed E-state index contributed by atoms with van der Waals surface area (Å²) in [6, 6.07) is 14.8. The maximum absolute atomic E-state index is 9.95. The predicted molar refractivity (Wildman–Crippen MR) is 95.0 cm³/mol. The summed E-state index contributed by atoms with van der Waals surface area (Å²) in [6.45, 7) is 4.01. The molecule has 2 fully saturated rings. The molecule has 0 aliphatic heterocycles. The summed E-state index contributed by atoms with van der Waals surface area (Å²) in [5.74, 6) is 1.84. The number of aromatic hydroxyl groups is 1. The number of hydrogen-bond donors (Lipinski definition) is 1. The van der Waals surface area contributed by atoms with Gasteiger partial charge >= 0.3 is 0 Å². The fourth-order valence-electron chi connectivity index (χ4n) is 5.20. The van der Waals surface area contributed by atoms with Crippen molar-refractivity contribution in [3.05, 3.63) is 64.2 Å². The number of phenols is 1. The Morgan fingerprint density at radius 2 is 1.75 bits per heavy atom. The number of aryl methyl sites for hydroxylation is 2. The molecule has 2 bridgehead atoms. The third-order valence-corrected chi connectivity index (χ3v) is 6.42. The second-order valence-electron chi connectivity index (χ2n) is 7.69. The summed E-state index contributed by atoms with van der Waals surface area (Å²) in [5.41, 5.74) is 5.48. The van der Waals surface area contributed by atoms with Gasteiger partial charge in [-0.2, -0.15) is 5.26 Å². The van der Waals surface area contributed by atoms with Gasteiger partial charge in [0.2, 0.25) is 0 Å². The number of benzene rings is 2. The van der Waals surface area contributed by atoms with Crippen LogP contribution in [0.4, 0.5) is 0 Å². The van der Waals surface area contributed by atoms with Crippen molar-refractivity contribution in [2.75, 3.05) is 0 Å². The third kappa shape index (κ3) is 2.08. The summed E-state index contributed by atoms with van der Waals surface area (Å²) >= 11 is 0. The number of phenolic OH excluding ortho intramolecular Hbond substituents is 1. The minimum atomic E-state index is 0.0418. The first-order valence-electron chi connectivity index (χ1n) is 8.86. The summed E-state index contributed by atoms with van der Waals surface area (Å²) in [4.78, 5) is 0. The van der Waals surface area contributed by atoms with Crippen LogP contribution in [0.15, 0.2) is 36.4 Å². The zero-order valence-electron chi connectivity index (χ0n) is 14.3. The van der Waals surface area contributed by atoms with Gasteiger partial charge in [0.25, 0.3) is 0 Å². The maximum Gasteiger partial charge on any atom is 0.118 e. The van der Waals surface area contributed by atoms with Crippen molar-refractivity contribution >= 4 is 0 Å². The lowest BCUT2D eigenvalue weighted by atomic mass is 9.64. The van der Waals surface area contributed by atoms with Crippen LogP contribution in [-0.4, -0.2) is 5.11 Å². The lowest BCUT2D eigenvalue weighted by Crippen LogP contribution is -2.34. The summed E-state index contributed by atoms with van der Waals surface area (Å²) < 4.78 is 0. The number of nitrogens with zero attached hydrogens (tertiary/aromatic N) is 1. The summed E-state index contributed by atoms with van der Waals surface area (Å²) in [5, 5.41) is 19.2. The van der Waals surface area contributed by atoms with Crippen molar-refractivity contribution in [2.45, 2.75) is 44.9 Å². The first-order valence-corrected chi connectivity index (χ1v) is 8.86. The van der Waals surface area contributed by atoms with Gasteiger partial charge < -0.3 is 5.11 Å². The Morgan fingerprint density at radius 1 is 1.04 bits per heavy atom. The molecule has 0 amide bonds. The largest absolute Gasteiger partial charge is 0.508 e. The van der Waals surface area contributed by atoms with Crippen molar-refractivity contribution in [3.8, 4) is 11.8 Å². The summed E-state index contributed by atoms with van der Waals surface area (Å²) in [6.07, 6.45) is 5.12. The van der Waals surface area contributed by atoms with Crippen LogP contribution in [0, 0.1) is 37.0 Å². The Labute approximate surface area is 143 Å². The smallest absolute Gasteiger partial charge is 0.118 e. The fourth-order valence-corrected chi connectivity index (χ4v) is 5.20. The molecule has 0 spiro atoms. The van der Waals surface area contributed by atoms with E-state index in [1.807, 2.05) is 26.0 Å². The van der Waals surface area contributed by atoms with Gasteiger partial charge in [-0.25, -0.2) is 0 Å². The molecule has 0 radical (unpaired) electrons. The van der Waals surface area contributed by atoms with E-state index in [9.17, 15) is 10.4 Å². The van der Waals surface area contributed by atoms with Crippen LogP contribution < -0.4 is 0 Å². The van der Waals surface area contributed by atoms with E-state index in [-0.39, 0.29) is 5.41 Å².